The zero-order valence-electron chi connectivity index (χ0n) is 23.1. The number of aromatic nitrogens is 1. The molecule has 0 aliphatic rings. The highest BCUT2D eigenvalue weighted by molar-refractivity contribution is 5.85. The Balaban J connectivity index is 1.74. The Labute approximate surface area is 230 Å². The molecule has 0 unspecified atom stereocenters. The molecule has 0 atom stereocenters. The highest BCUT2D eigenvalue weighted by Crippen LogP contribution is 2.19. The number of nitrogens with zero attached hydrogens (tertiary/aromatic N) is 2. The normalized spacial score (nSPS) is 10.8. The average molecular weight is 538 g/mol. The quantitative estimate of drug-likeness (QED) is 0.219. The van der Waals surface area contributed by atoms with E-state index < -0.39 is 0 Å². The molecular weight excluding hydrogens is 498 g/mol. The van der Waals surface area contributed by atoms with Crippen molar-refractivity contribution >= 4 is 28.7 Å². The first kappa shape index (κ1) is 29.7. The molecule has 0 saturated heterocycles. The summed E-state index contributed by atoms with van der Waals surface area (Å²) in [4.78, 5) is 44.8. The van der Waals surface area contributed by atoms with E-state index in [-0.39, 0.29) is 37.2 Å². The predicted octanol–water partition coefficient (Wildman–Crippen LogP) is 3.96. The van der Waals surface area contributed by atoms with E-state index in [0.29, 0.717) is 45.5 Å². The lowest BCUT2D eigenvalue weighted by Gasteiger charge is -2.28. The predicted molar refractivity (Wildman–Crippen MR) is 149 cm³/mol. The largest absolute Gasteiger partial charge is 0.497 e. The molecule has 0 spiro atoms. The molecule has 210 valence electrons. The third kappa shape index (κ3) is 9.14. The van der Waals surface area contributed by atoms with Crippen molar-refractivity contribution in [1.82, 2.24) is 14.8 Å². The van der Waals surface area contributed by atoms with Gasteiger partial charge in [0.2, 0.25) is 11.8 Å². The van der Waals surface area contributed by atoms with Crippen molar-refractivity contribution in [1.29, 1.82) is 0 Å². The molecule has 3 rings (SSSR count). The minimum atomic E-state index is -0.354. The van der Waals surface area contributed by atoms with Gasteiger partial charge in [0.1, 0.15) is 5.75 Å². The van der Waals surface area contributed by atoms with Crippen LogP contribution in [-0.2, 0) is 36.8 Å². The van der Waals surface area contributed by atoms with Crippen molar-refractivity contribution in [3.8, 4) is 5.75 Å². The smallest absolute Gasteiger partial charge is 0.305 e. The van der Waals surface area contributed by atoms with Gasteiger partial charge in [-0.1, -0.05) is 30.3 Å². The molecule has 1 heterocycles. The number of H-pyrrole nitrogens is 1. The Morgan fingerprint density at radius 2 is 1.62 bits per heavy atom. The van der Waals surface area contributed by atoms with Crippen LogP contribution >= 0.6 is 0 Å². The molecule has 9 heteroatoms. The minimum Gasteiger partial charge on any atom is -0.497 e. The van der Waals surface area contributed by atoms with Crippen LogP contribution in [0.4, 0.5) is 0 Å². The van der Waals surface area contributed by atoms with E-state index in [1.165, 1.54) is 7.11 Å². The standard InChI is InChI=1S/C30H39N3O6/c1-37-19-7-17-32(28(34)10-6-11-30(36)39-3)22-29(35)33(21-23-12-14-25(38-2)15-13-23)18-16-24-20-31-27-9-5-4-8-26(24)27/h4-5,8-9,12-15,20,31H,6-7,10-11,16-19,21-22H2,1-3H3. The van der Waals surface area contributed by atoms with Crippen LogP contribution < -0.4 is 4.74 Å². The summed E-state index contributed by atoms with van der Waals surface area (Å²) in [5, 5.41) is 1.14. The van der Waals surface area contributed by atoms with Crippen LogP contribution in [0, 0.1) is 0 Å². The van der Waals surface area contributed by atoms with Gasteiger partial charge < -0.3 is 29.0 Å². The van der Waals surface area contributed by atoms with Crippen molar-refractivity contribution < 1.29 is 28.6 Å². The Hall–Kier alpha value is -3.85. The molecule has 0 radical (unpaired) electrons. The van der Waals surface area contributed by atoms with Gasteiger partial charge in [-0.05, 0) is 48.6 Å². The molecule has 0 fully saturated rings. The van der Waals surface area contributed by atoms with Crippen LogP contribution in [0.5, 0.6) is 5.75 Å². The Kier molecular flexibility index (Phi) is 11.8. The summed E-state index contributed by atoms with van der Waals surface area (Å²) in [6, 6.07) is 15.7. The molecule has 9 nitrogen and oxygen atoms in total. The second-order valence-electron chi connectivity index (χ2n) is 9.36. The van der Waals surface area contributed by atoms with Crippen LogP contribution in [0.25, 0.3) is 10.9 Å². The van der Waals surface area contributed by atoms with Gasteiger partial charge in [-0.3, -0.25) is 14.4 Å². The molecule has 0 aliphatic heterocycles. The van der Waals surface area contributed by atoms with Gasteiger partial charge in [0.25, 0.3) is 0 Å². The number of nitrogens with one attached hydrogen (secondary N) is 1. The molecule has 0 aliphatic carbocycles. The Morgan fingerprint density at radius 1 is 0.846 bits per heavy atom. The first-order chi connectivity index (χ1) is 18.9. The summed E-state index contributed by atoms with van der Waals surface area (Å²) >= 11 is 0. The monoisotopic (exact) mass is 537 g/mol. The van der Waals surface area contributed by atoms with E-state index in [0.717, 1.165) is 27.8 Å². The lowest BCUT2D eigenvalue weighted by Crippen LogP contribution is -2.44. The number of rotatable bonds is 16. The third-order valence-electron chi connectivity index (χ3n) is 6.67. The SMILES string of the molecule is COCCCN(CC(=O)N(CCc1c[nH]c2ccccc12)Cc1ccc(OC)cc1)C(=O)CCCC(=O)OC. The van der Waals surface area contributed by atoms with E-state index in [1.54, 1.807) is 24.0 Å². The number of carbonyl (C=O) groups is 3. The van der Waals surface area contributed by atoms with Gasteiger partial charge in [-0.25, -0.2) is 0 Å². The van der Waals surface area contributed by atoms with Crippen LogP contribution in [0.2, 0.25) is 0 Å². The van der Waals surface area contributed by atoms with E-state index in [2.05, 4.69) is 15.8 Å². The summed E-state index contributed by atoms with van der Waals surface area (Å²) < 4.78 is 15.1. The second-order valence-corrected chi connectivity index (χ2v) is 9.36. The van der Waals surface area contributed by atoms with E-state index in [1.807, 2.05) is 48.7 Å². The lowest BCUT2D eigenvalue weighted by atomic mass is 10.1. The topological polar surface area (TPSA) is 101 Å². The molecule has 1 aromatic heterocycles. The lowest BCUT2D eigenvalue weighted by molar-refractivity contribution is -0.142. The summed E-state index contributed by atoms with van der Waals surface area (Å²) in [6.45, 7) is 1.75. The molecule has 3 aromatic rings. The number of carbonyl (C=O) groups excluding carboxylic acids is 3. The number of hydrogen-bond donors (Lipinski definition) is 1. The maximum Gasteiger partial charge on any atom is 0.305 e. The average Bonchev–Trinajstić information content (AvgIpc) is 3.37. The first-order valence-corrected chi connectivity index (χ1v) is 13.2. The second kappa shape index (κ2) is 15.5. The fraction of sp³-hybridized carbons (Fsp3) is 0.433. The molecule has 2 amide bonds. The fourth-order valence-corrected chi connectivity index (χ4v) is 4.44. The molecular formula is C30H39N3O6. The fourth-order valence-electron chi connectivity index (χ4n) is 4.44. The molecule has 0 saturated carbocycles. The Morgan fingerprint density at radius 3 is 2.33 bits per heavy atom. The number of hydrogen-bond acceptors (Lipinski definition) is 6. The van der Waals surface area contributed by atoms with Crippen LogP contribution in [0.15, 0.2) is 54.7 Å². The van der Waals surface area contributed by atoms with Gasteiger partial charge in [0.05, 0.1) is 20.8 Å². The van der Waals surface area contributed by atoms with Crippen molar-refractivity contribution in [2.24, 2.45) is 0 Å². The third-order valence-corrected chi connectivity index (χ3v) is 6.67. The Bertz CT molecular complexity index is 1210. The van der Waals surface area contributed by atoms with Gasteiger partial charge in [0.15, 0.2) is 0 Å². The summed E-state index contributed by atoms with van der Waals surface area (Å²) in [5.74, 6) is 0.0961. The summed E-state index contributed by atoms with van der Waals surface area (Å²) in [6.07, 6.45) is 3.97. The van der Waals surface area contributed by atoms with E-state index >= 15 is 0 Å². The van der Waals surface area contributed by atoms with Crippen molar-refractivity contribution in [2.75, 3.05) is 47.6 Å². The van der Waals surface area contributed by atoms with Crippen LogP contribution in [-0.4, -0.2) is 80.1 Å². The van der Waals surface area contributed by atoms with E-state index in [9.17, 15) is 14.4 Å². The number of esters is 1. The van der Waals surface area contributed by atoms with Crippen molar-refractivity contribution in [2.45, 2.75) is 38.6 Å². The first-order valence-electron chi connectivity index (χ1n) is 13.2. The van der Waals surface area contributed by atoms with Crippen molar-refractivity contribution in [3.63, 3.8) is 0 Å². The maximum atomic E-state index is 13.7. The number of amides is 2. The zero-order valence-corrected chi connectivity index (χ0v) is 23.1. The number of fused-ring (bicyclic) bond motifs is 1. The highest BCUT2D eigenvalue weighted by atomic mass is 16.5. The van der Waals surface area contributed by atoms with Crippen molar-refractivity contribution in [3.05, 3.63) is 65.9 Å². The molecule has 39 heavy (non-hydrogen) atoms. The van der Waals surface area contributed by atoms with Gasteiger partial charge in [-0.2, -0.15) is 0 Å². The summed E-state index contributed by atoms with van der Waals surface area (Å²) in [7, 11) is 4.55. The highest BCUT2D eigenvalue weighted by Gasteiger charge is 2.22. The molecule has 0 bridgehead atoms. The van der Waals surface area contributed by atoms with Gasteiger partial charge >= 0.3 is 5.97 Å². The number of ether oxygens (including phenoxy) is 3. The van der Waals surface area contributed by atoms with Gasteiger partial charge in [-0.15, -0.1) is 0 Å². The van der Waals surface area contributed by atoms with Crippen LogP contribution in [0.1, 0.15) is 36.8 Å². The number of methoxy groups -OCH3 is 3. The molecule has 2 aromatic carbocycles. The number of para-hydroxylation sites is 1. The summed E-state index contributed by atoms with van der Waals surface area (Å²) in [5.41, 5.74) is 3.16. The molecule has 1 N–H and O–H groups in total. The van der Waals surface area contributed by atoms with Gasteiger partial charge in [0, 0.05) is 63.3 Å². The van der Waals surface area contributed by atoms with Crippen LogP contribution in [0.3, 0.4) is 0 Å². The number of benzene rings is 2. The zero-order chi connectivity index (χ0) is 28.0. The minimum absolute atomic E-state index is 0.0369. The van der Waals surface area contributed by atoms with E-state index in [4.69, 9.17) is 9.47 Å². The number of aromatic amines is 1. The maximum absolute atomic E-state index is 13.7.